The molecule has 0 bridgehead atoms. The van der Waals surface area contributed by atoms with Gasteiger partial charge < -0.3 is 0 Å². The molecule has 0 aliphatic carbocycles. The number of aromatic nitrogens is 6. The molecule has 3 aromatic heterocycles. The summed E-state index contributed by atoms with van der Waals surface area (Å²) in [7, 11) is 0. The van der Waals surface area contributed by atoms with Crippen molar-refractivity contribution >= 4 is 22.8 Å². The lowest BCUT2D eigenvalue weighted by molar-refractivity contribution is 0.862. The highest BCUT2D eigenvalue weighted by atomic mass is 15.3. The molecular formula is C26H25N7. The van der Waals surface area contributed by atoms with Crippen LogP contribution in [0.2, 0.25) is 0 Å². The Balaban J connectivity index is 1.45. The van der Waals surface area contributed by atoms with Gasteiger partial charge in [-0.2, -0.15) is 5.10 Å². The van der Waals surface area contributed by atoms with Gasteiger partial charge in [0.25, 0.3) is 0 Å². The maximum Gasteiger partial charge on any atom is 0.230 e. The molecule has 0 aliphatic rings. The van der Waals surface area contributed by atoms with E-state index >= 15 is 0 Å². The summed E-state index contributed by atoms with van der Waals surface area (Å²) in [6, 6.07) is 16.4. The van der Waals surface area contributed by atoms with Gasteiger partial charge in [-0.25, -0.2) is 24.6 Å². The molecule has 0 aliphatic heterocycles. The second-order valence-corrected chi connectivity index (χ2v) is 8.14. The number of nitrogens with zero attached hydrogens (tertiary/aromatic N) is 6. The van der Waals surface area contributed by atoms with Gasteiger partial charge in [-0.3, -0.25) is 5.32 Å². The first-order valence-corrected chi connectivity index (χ1v) is 11.0. The van der Waals surface area contributed by atoms with Crippen molar-refractivity contribution < 1.29 is 0 Å². The molecular weight excluding hydrogens is 410 g/mol. The Labute approximate surface area is 192 Å². The van der Waals surface area contributed by atoms with Gasteiger partial charge in [0.05, 0.1) is 28.3 Å². The molecule has 0 spiro atoms. The van der Waals surface area contributed by atoms with Gasteiger partial charge in [0.2, 0.25) is 11.9 Å². The summed E-state index contributed by atoms with van der Waals surface area (Å²) >= 11 is 0. The summed E-state index contributed by atoms with van der Waals surface area (Å²) in [5, 5.41) is 8.90. The van der Waals surface area contributed by atoms with Crippen molar-refractivity contribution in [1.82, 2.24) is 29.7 Å². The maximum absolute atomic E-state index is 4.70. The molecule has 33 heavy (non-hydrogen) atoms. The third-order valence-electron chi connectivity index (χ3n) is 5.71. The lowest BCUT2D eigenvalue weighted by Gasteiger charge is -2.08. The zero-order chi connectivity index (χ0) is 22.9. The smallest absolute Gasteiger partial charge is 0.230 e. The summed E-state index contributed by atoms with van der Waals surface area (Å²) in [5.74, 6) is 0.924. The molecule has 0 atom stereocenters. The first-order valence-electron chi connectivity index (χ1n) is 11.0. The standard InChI is InChI=1S/C26H25N7/c1-5-19-8-11-23-21(14-19)17(3)28-26(30-23)31-25-27-13-12-24(29-25)22-15-33(32-18(22)4)20-9-6-16(2)7-10-20/h6-15H,5H2,1-4H3,(H,27,28,29,30,31). The summed E-state index contributed by atoms with van der Waals surface area (Å²) in [6.07, 6.45) is 4.71. The van der Waals surface area contributed by atoms with E-state index in [9.17, 15) is 0 Å². The molecule has 0 radical (unpaired) electrons. The van der Waals surface area contributed by atoms with E-state index in [2.05, 4.69) is 75.6 Å². The van der Waals surface area contributed by atoms with E-state index in [-0.39, 0.29) is 0 Å². The van der Waals surface area contributed by atoms with Crippen LogP contribution in [-0.2, 0) is 6.42 Å². The predicted molar refractivity (Wildman–Crippen MR) is 131 cm³/mol. The summed E-state index contributed by atoms with van der Waals surface area (Å²) in [6.45, 7) is 8.19. The highest BCUT2D eigenvalue weighted by Crippen LogP contribution is 2.24. The SMILES string of the molecule is CCc1ccc2nc(Nc3nccc(-c4cn(-c5ccc(C)cc5)nc4C)n3)nc(C)c2c1. The lowest BCUT2D eigenvalue weighted by atomic mass is 10.1. The van der Waals surface area contributed by atoms with Crippen molar-refractivity contribution in [3.05, 3.63) is 83.4 Å². The van der Waals surface area contributed by atoms with Crippen LogP contribution >= 0.6 is 0 Å². The highest BCUT2D eigenvalue weighted by molar-refractivity contribution is 5.82. The van der Waals surface area contributed by atoms with Crippen LogP contribution in [-0.4, -0.2) is 29.7 Å². The highest BCUT2D eigenvalue weighted by Gasteiger charge is 2.12. The molecule has 0 saturated carbocycles. The number of rotatable bonds is 5. The van der Waals surface area contributed by atoms with Crippen LogP contribution in [0.3, 0.4) is 0 Å². The first-order chi connectivity index (χ1) is 16.0. The fourth-order valence-electron chi connectivity index (χ4n) is 3.81. The van der Waals surface area contributed by atoms with E-state index in [0.717, 1.165) is 45.7 Å². The molecule has 0 fully saturated rings. The summed E-state index contributed by atoms with van der Waals surface area (Å²) in [4.78, 5) is 18.4. The fourth-order valence-corrected chi connectivity index (χ4v) is 3.81. The van der Waals surface area contributed by atoms with Crippen LogP contribution in [0.15, 0.2) is 60.9 Å². The Hall–Kier alpha value is -4.13. The molecule has 3 heterocycles. The zero-order valence-corrected chi connectivity index (χ0v) is 19.2. The Morgan fingerprint density at radius 2 is 1.67 bits per heavy atom. The van der Waals surface area contributed by atoms with Crippen molar-refractivity contribution in [3.8, 4) is 16.9 Å². The quantitative estimate of drug-likeness (QED) is 0.392. The largest absolute Gasteiger partial charge is 0.293 e. The van der Waals surface area contributed by atoms with Gasteiger partial charge in [0, 0.05) is 23.3 Å². The number of hydrogen-bond donors (Lipinski definition) is 1. The summed E-state index contributed by atoms with van der Waals surface area (Å²) in [5.41, 5.74) is 7.94. The number of aryl methyl sites for hydroxylation is 4. The van der Waals surface area contributed by atoms with Crippen LogP contribution in [0, 0.1) is 20.8 Å². The molecule has 164 valence electrons. The van der Waals surface area contributed by atoms with E-state index in [1.54, 1.807) is 6.20 Å². The van der Waals surface area contributed by atoms with Gasteiger partial charge in [-0.15, -0.1) is 0 Å². The van der Waals surface area contributed by atoms with E-state index in [4.69, 9.17) is 4.98 Å². The zero-order valence-electron chi connectivity index (χ0n) is 19.2. The van der Waals surface area contributed by atoms with Crippen molar-refractivity contribution in [3.63, 3.8) is 0 Å². The van der Waals surface area contributed by atoms with E-state index in [1.807, 2.05) is 36.9 Å². The molecule has 0 amide bonds. The molecule has 2 aromatic carbocycles. The number of anilines is 2. The van der Waals surface area contributed by atoms with Gasteiger partial charge in [-0.05, 0) is 63.1 Å². The van der Waals surface area contributed by atoms with Crippen LogP contribution in [0.25, 0.3) is 27.8 Å². The Bertz CT molecular complexity index is 1450. The van der Waals surface area contributed by atoms with Crippen molar-refractivity contribution in [1.29, 1.82) is 0 Å². The molecule has 0 unspecified atom stereocenters. The Morgan fingerprint density at radius 3 is 2.45 bits per heavy atom. The topological polar surface area (TPSA) is 81.4 Å². The number of benzene rings is 2. The predicted octanol–water partition coefficient (Wildman–Crippen LogP) is 5.50. The van der Waals surface area contributed by atoms with Gasteiger partial charge >= 0.3 is 0 Å². The number of fused-ring (bicyclic) bond motifs is 1. The van der Waals surface area contributed by atoms with Gasteiger partial charge in [-0.1, -0.05) is 30.7 Å². The second-order valence-electron chi connectivity index (χ2n) is 8.14. The monoisotopic (exact) mass is 435 g/mol. The minimum atomic E-state index is 0.443. The van der Waals surface area contributed by atoms with E-state index < -0.39 is 0 Å². The average Bonchev–Trinajstić information content (AvgIpc) is 3.21. The van der Waals surface area contributed by atoms with Gasteiger partial charge in [0.15, 0.2) is 0 Å². The average molecular weight is 436 g/mol. The Morgan fingerprint density at radius 1 is 0.848 bits per heavy atom. The number of hydrogen-bond acceptors (Lipinski definition) is 6. The van der Waals surface area contributed by atoms with Crippen LogP contribution in [0.4, 0.5) is 11.9 Å². The summed E-state index contributed by atoms with van der Waals surface area (Å²) < 4.78 is 1.87. The van der Waals surface area contributed by atoms with Crippen molar-refractivity contribution in [2.75, 3.05) is 5.32 Å². The third kappa shape index (κ3) is 4.17. The molecule has 0 saturated heterocycles. The van der Waals surface area contributed by atoms with Crippen LogP contribution in [0.5, 0.6) is 0 Å². The molecule has 7 heteroatoms. The minimum absolute atomic E-state index is 0.443. The fraction of sp³-hybridized carbons (Fsp3) is 0.192. The lowest BCUT2D eigenvalue weighted by Crippen LogP contribution is -2.03. The normalized spacial score (nSPS) is 11.2. The van der Waals surface area contributed by atoms with Gasteiger partial charge in [0.1, 0.15) is 0 Å². The van der Waals surface area contributed by atoms with Crippen molar-refractivity contribution in [2.45, 2.75) is 34.1 Å². The van der Waals surface area contributed by atoms with Crippen LogP contribution < -0.4 is 5.32 Å². The maximum atomic E-state index is 4.70. The Kier molecular flexibility index (Phi) is 5.30. The van der Waals surface area contributed by atoms with Crippen molar-refractivity contribution in [2.24, 2.45) is 0 Å². The first kappa shape index (κ1) is 20.8. The second kappa shape index (κ2) is 8.43. The van der Waals surface area contributed by atoms with Crippen LogP contribution in [0.1, 0.15) is 29.4 Å². The molecule has 7 nitrogen and oxygen atoms in total. The third-order valence-corrected chi connectivity index (χ3v) is 5.71. The van der Waals surface area contributed by atoms with E-state index in [0.29, 0.717) is 11.9 Å². The molecule has 5 aromatic rings. The number of nitrogens with one attached hydrogen (secondary N) is 1. The van der Waals surface area contributed by atoms with E-state index in [1.165, 1.54) is 11.1 Å². The minimum Gasteiger partial charge on any atom is -0.293 e. The molecule has 5 rings (SSSR count). The molecule has 1 N–H and O–H groups in total.